The molecule has 0 aliphatic carbocycles. The molecule has 0 spiro atoms. The van der Waals surface area contributed by atoms with E-state index in [0.717, 1.165) is 22.7 Å². The molecule has 1 aliphatic rings. The number of nitrogens with zero attached hydrogens (tertiary/aromatic N) is 3. The van der Waals surface area contributed by atoms with Crippen molar-refractivity contribution in [3.05, 3.63) is 112 Å². The number of nitro benzene ring substituents is 1. The quantitative estimate of drug-likeness (QED) is 0.216. The molecule has 5 rings (SSSR count). The zero-order valence-corrected chi connectivity index (χ0v) is 19.5. The fraction of sp³-hybridized carbons (Fsp3) is 0.154. The van der Waals surface area contributed by atoms with Gasteiger partial charge in [0.1, 0.15) is 17.6 Å². The van der Waals surface area contributed by atoms with E-state index in [9.17, 15) is 10.1 Å². The van der Waals surface area contributed by atoms with Crippen LogP contribution in [0, 0.1) is 24.0 Å². The number of non-ortho nitro benzene ring substituents is 1. The predicted molar refractivity (Wildman–Crippen MR) is 135 cm³/mol. The Morgan fingerprint density at radius 1 is 1.03 bits per heavy atom. The number of thiocarbonyl (C=S) groups is 1. The molecule has 0 bridgehead atoms. The van der Waals surface area contributed by atoms with Crippen LogP contribution in [0.15, 0.2) is 83.4 Å². The topological polar surface area (TPSA) is 84.4 Å². The summed E-state index contributed by atoms with van der Waals surface area (Å²) in [5.41, 5.74) is 5.01. The third-order valence-electron chi connectivity index (χ3n) is 6.15. The van der Waals surface area contributed by atoms with Crippen molar-refractivity contribution in [2.75, 3.05) is 4.90 Å². The van der Waals surface area contributed by atoms with E-state index >= 15 is 0 Å². The number of furan rings is 1. The van der Waals surface area contributed by atoms with Crippen LogP contribution in [0.4, 0.5) is 11.4 Å². The van der Waals surface area contributed by atoms with Gasteiger partial charge in [-0.25, -0.2) is 0 Å². The van der Waals surface area contributed by atoms with Crippen LogP contribution in [0.2, 0.25) is 0 Å². The third kappa shape index (κ3) is 3.92. The summed E-state index contributed by atoms with van der Waals surface area (Å²) in [5.74, 6) is 1.34. The maximum Gasteiger partial charge on any atom is 0.269 e. The first-order valence-corrected chi connectivity index (χ1v) is 11.3. The van der Waals surface area contributed by atoms with Crippen molar-refractivity contribution in [3.63, 3.8) is 0 Å². The van der Waals surface area contributed by atoms with Crippen LogP contribution in [-0.2, 0) is 0 Å². The molecule has 34 heavy (non-hydrogen) atoms. The van der Waals surface area contributed by atoms with E-state index in [2.05, 4.69) is 47.2 Å². The number of nitrogens with one attached hydrogen (secondary N) is 1. The maximum absolute atomic E-state index is 11.0. The summed E-state index contributed by atoms with van der Waals surface area (Å²) in [5, 5.41) is 15.0. The Bertz CT molecular complexity index is 1370. The molecule has 1 aliphatic heterocycles. The zero-order chi connectivity index (χ0) is 23.8. The lowest BCUT2D eigenvalue weighted by atomic mass is 10.0. The highest BCUT2D eigenvalue weighted by molar-refractivity contribution is 7.80. The standard InChI is InChI=1S/C26H22N4O3S/c1-16-6-9-20(15-17(16)2)29-25(24(28-26(29)34)21-5-3-4-14-27-21)23-13-12-22(33-23)18-7-10-19(11-8-18)30(31)32/h3-15,24-25H,1-2H3,(H,28,34)/t24-,25+/m0/s1. The molecule has 3 heterocycles. The van der Waals surface area contributed by atoms with E-state index in [1.165, 1.54) is 23.3 Å². The van der Waals surface area contributed by atoms with Gasteiger partial charge in [0, 0.05) is 29.6 Å². The van der Waals surface area contributed by atoms with Gasteiger partial charge in [-0.2, -0.15) is 0 Å². The van der Waals surface area contributed by atoms with Crippen LogP contribution >= 0.6 is 12.2 Å². The van der Waals surface area contributed by atoms with Crippen LogP contribution in [-0.4, -0.2) is 15.0 Å². The van der Waals surface area contributed by atoms with Crippen LogP contribution in [0.1, 0.15) is 34.7 Å². The second kappa shape index (κ2) is 8.72. The lowest BCUT2D eigenvalue weighted by Gasteiger charge is -2.26. The Balaban J connectivity index is 1.57. The smallest absolute Gasteiger partial charge is 0.269 e. The van der Waals surface area contributed by atoms with Crippen molar-refractivity contribution in [2.45, 2.75) is 25.9 Å². The number of aryl methyl sites for hydroxylation is 2. The lowest BCUT2D eigenvalue weighted by Crippen LogP contribution is -2.29. The maximum atomic E-state index is 11.0. The Morgan fingerprint density at radius 3 is 2.50 bits per heavy atom. The summed E-state index contributed by atoms with van der Waals surface area (Å²) in [4.78, 5) is 17.2. The lowest BCUT2D eigenvalue weighted by molar-refractivity contribution is -0.384. The fourth-order valence-corrected chi connectivity index (χ4v) is 4.56. The van der Waals surface area contributed by atoms with Gasteiger partial charge in [0.25, 0.3) is 5.69 Å². The predicted octanol–water partition coefficient (Wildman–Crippen LogP) is 6.04. The highest BCUT2D eigenvalue weighted by Gasteiger charge is 2.42. The Morgan fingerprint density at radius 2 is 1.82 bits per heavy atom. The van der Waals surface area contributed by atoms with Gasteiger partial charge in [0.15, 0.2) is 5.11 Å². The molecule has 0 saturated carbocycles. The normalized spacial score (nSPS) is 17.6. The highest BCUT2D eigenvalue weighted by atomic mass is 32.1. The molecule has 2 atom stereocenters. The molecule has 1 saturated heterocycles. The largest absolute Gasteiger partial charge is 0.459 e. The number of aromatic nitrogens is 1. The molecular weight excluding hydrogens is 448 g/mol. The van der Waals surface area contributed by atoms with Crippen molar-refractivity contribution in [2.24, 2.45) is 0 Å². The summed E-state index contributed by atoms with van der Waals surface area (Å²) in [6.07, 6.45) is 1.76. The summed E-state index contributed by atoms with van der Waals surface area (Å²) in [6.45, 7) is 4.16. The van der Waals surface area contributed by atoms with Crippen molar-refractivity contribution in [3.8, 4) is 11.3 Å². The minimum Gasteiger partial charge on any atom is -0.459 e. The molecule has 0 unspecified atom stereocenters. The molecular formula is C26H22N4O3S. The van der Waals surface area contributed by atoms with Crippen LogP contribution < -0.4 is 10.2 Å². The molecule has 1 fully saturated rings. The van der Waals surface area contributed by atoms with Crippen molar-refractivity contribution < 1.29 is 9.34 Å². The number of benzene rings is 2. The van der Waals surface area contributed by atoms with E-state index in [1.54, 1.807) is 18.3 Å². The van der Waals surface area contributed by atoms with Gasteiger partial charge in [-0.1, -0.05) is 12.1 Å². The first kappa shape index (κ1) is 21.8. The molecule has 8 heteroatoms. The van der Waals surface area contributed by atoms with E-state index in [1.807, 2.05) is 30.3 Å². The molecule has 2 aromatic carbocycles. The van der Waals surface area contributed by atoms with Crippen molar-refractivity contribution in [1.82, 2.24) is 10.3 Å². The monoisotopic (exact) mass is 470 g/mol. The van der Waals surface area contributed by atoms with Gasteiger partial charge in [-0.3, -0.25) is 15.1 Å². The first-order valence-electron chi connectivity index (χ1n) is 10.8. The number of pyridine rings is 1. The number of hydrogen-bond donors (Lipinski definition) is 1. The summed E-state index contributed by atoms with van der Waals surface area (Å²) >= 11 is 5.77. The summed E-state index contributed by atoms with van der Waals surface area (Å²) in [6, 6.07) is 21.7. The SMILES string of the molecule is Cc1ccc(N2C(=S)N[C@@H](c3ccccn3)[C@H]2c2ccc(-c3ccc([N+](=O)[O-])cc3)o2)cc1C. The van der Waals surface area contributed by atoms with Crippen LogP contribution in [0.3, 0.4) is 0 Å². The molecule has 0 amide bonds. The molecule has 7 nitrogen and oxygen atoms in total. The number of anilines is 1. The van der Waals surface area contributed by atoms with Crippen molar-refractivity contribution >= 4 is 28.7 Å². The summed E-state index contributed by atoms with van der Waals surface area (Å²) < 4.78 is 6.32. The van der Waals surface area contributed by atoms with Gasteiger partial charge >= 0.3 is 0 Å². The molecule has 0 radical (unpaired) electrons. The van der Waals surface area contributed by atoms with E-state index < -0.39 is 4.92 Å². The van der Waals surface area contributed by atoms with Crippen molar-refractivity contribution in [1.29, 1.82) is 0 Å². The zero-order valence-electron chi connectivity index (χ0n) is 18.6. The van der Waals surface area contributed by atoms with E-state index in [4.69, 9.17) is 16.6 Å². The second-order valence-corrected chi connectivity index (χ2v) is 8.66. The molecule has 1 N–H and O–H groups in total. The van der Waals surface area contributed by atoms with Crippen LogP contribution in [0.5, 0.6) is 0 Å². The molecule has 170 valence electrons. The van der Waals surface area contributed by atoms with Gasteiger partial charge < -0.3 is 14.6 Å². The number of rotatable bonds is 5. The Labute approximate surface area is 202 Å². The van der Waals surface area contributed by atoms with E-state index in [-0.39, 0.29) is 17.8 Å². The first-order chi connectivity index (χ1) is 16.4. The molecule has 4 aromatic rings. The van der Waals surface area contributed by atoms with Gasteiger partial charge in [0.05, 0.1) is 16.7 Å². The average molecular weight is 471 g/mol. The number of nitro groups is 1. The summed E-state index contributed by atoms with van der Waals surface area (Å²) in [7, 11) is 0. The average Bonchev–Trinajstić information content (AvgIpc) is 3.46. The minimum atomic E-state index is -0.415. The van der Waals surface area contributed by atoms with Gasteiger partial charge in [-0.05, 0) is 85.7 Å². The van der Waals surface area contributed by atoms with Gasteiger partial charge in [0.2, 0.25) is 0 Å². The van der Waals surface area contributed by atoms with E-state index in [0.29, 0.717) is 10.9 Å². The van der Waals surface area contributed by atoms with Crippen LogP contribution in [0.25, 0.3) is 11.3 Å². The number of hydrogen-bond acceptors (Lipinski definition) is 5. The molecule has 2 aromatic heterocycles. The van der Waals surface area contributed by atoms with Gasteiger partial charge in [-0.15, -0.1) is 0 Å². The second-order valence-electron chi connectivity index (χ2n) is 8.27. The Hall–Kier alpha value is -4.04. The fourth-order valence-electron chi connectivity index (χ4n) is 4.21. The third-order valence-corrected chi connectivity index (χ3v) is 6.46. The Kier molecular flexibility index (Phi) is 5.59. The minimum absolute atomic E-state index is 0.0389. The highest BCUT2D eigenvalue weighted by Crippen LogP contribution is 2.43.